The lowest BCUT2D eigenvalue weighted by Crippen LogP contribution is -1.90. The Balaban J connectivity index is 1.70. The van der Waals surface area contributed by atoms with Crippen LogP contribution in [-0.2, 0) is 0 Å². The van der Waals surface area contributed by atoms with Crippen LogP contribution in [0.1, 0.15) is 16.7 Å². The van der Waals surface area contributed by atoms with E-state index >= 15 is 0 Å². The topological polar surface area (TPSA) is 0 Å². The molecule has 0 aliphatic carbocycles. The van der Waals surface area contributed by atoms with Crippen LogP contribution in [0.25, 0.3) is 33.4 Å². The van der Waals surface area contributed by atoms with Gasteiger partial charge in [0.05, 0.1) is 0 Å². The molecule has 4 rings (SSSR count). The molecule has 4 aromatic rings. The van der Waals surface area contributed by atoms with E-state index in [0.29, 0.717) is 0 Å². The normalized spacial score (nSPS) is 10.9. The van der Waals surface area contributed by atoms with Gasteiger partial charge >= 0.3 is 0 Å². The zero-order valence-electron chi connectivity index (χ0n) is 16.5. The van der Waals surface area contributed by atoms with E-state index in [1.54, 1.807) is 0 Å². The fourth-order valence-corrected chi connectivity index (χ4v) is 4.44. The van der Waals surface area contributed by atoms with Gasteiger partial charge in [-0.1, -0.05) is 90.0 Å². The van der Waals surface area contributed by atoms with Crippen LogP contribution in [-0.4, -0.2) is 0 Å². The van der Waals surface area contributed by atoms with Gasteiger partial charge in [0.1, 0.15) is 0 Å². The van der Waals surface area contributed by atoms with Gasteiger partial charge in [0.15, 0.2) is 0 Å². The Morgan fingerprint density at radius 3 is 1.75 bits per heavy atom. The highest BCUT2D eigenvalue weighted by atomic mass is 127. The molecule has 1 heteroatoms. The standard InChI is InChI=1S/C27H23I/c1-18-7-9-21(10-8-18)24-12-14-26(27(28)17-24)25-13-11-23(16-20(25)3)22-6-4-5-19(2)15-22/h4-17H,1-3H3. The van der Waals surface area contributed by atoms with Gasteiger partial charge in [-0.25, -0.2) is 0 Å². The van der Waals surface area contributed by atoms with Crippen molar-refractivity contribution in [1.82, 2.24) is 0 Å². The van der Waals surface area contributed by atoms with Crippen molar-refractivity contribution in [3.05, 3.63) is 105 Å². The summed E-state index contributed by atoms with van der Waals surface area (Å²) in [6.45, 7) is 6.47. The summed E-state index contributed by atoms with van der Waals surface area (Å²) in [6, 6.07) is 31.0. The summed E-state index contributed by atoms with van der Waals surface area (Å²) in [5, 5.41) is 0. The molecular weight excluding hydrogens is 451 g/mol. The van der Waals surface area contributed by atoms with Crippen molar-refractivity contribution in [1.29, 1.82) is 0 Å². The molecule has 0 atom stereocenters. The molecule has 28 heavy (non-hydrogen) atoms. The average Bonchev–Trinajstić information content (AvgIpc) is 2.69. The number of benzene rings is 4. The minimum Gasteiger partial charge on any atom is -0.0614 e. The van der Waals surface area contributed by atoms with E-state index in [4.69, 9.17) is 0 Å². The lowest BCUT2D eigenvalue weighted by molar-refractivity contribution is 1.42. The van der Waals surface area contributed by atoms with Crippen molar-refractivity contribution in [3.63, 3.8) is 0 Å². The second-order valence-corrected chi connectivity index (χ2v) is 8.62. The molecule has 0 aliphatic rings. The Bertz CT molecular complexity index is 1140. The van der Waals surface area contributed by atoms with Crippen LogP contribution in [0.3, 0.4) is 0 Å². The lowest BCUT2D eigenvalue weighted by Gasteiger charge is -2.13. The van der Waals surface area contributed by atoms with Crippen molar-refractivity contribution < 1.29 is 0 Å². The Morgan fingerprint density at radius 2 is 1.11 bits per heavy atom. The smallest absolute Gasteiger partial charge is 0.0215 e. The molecule has 0 saturated carbocycles. The summed E-state index contributed by atoms with van der Waals surface area (Å²) in [4.78, 5) is 0. The van der Waals surface area contributed by atoms with Gasteiger partial charge in [0.2, 0.25) is 0 Å². The van der Waals surface area contributed by atoms with E-state index in [9.17, 15) is 0 Å². The zero-order valence-corrected chi connectivity index (χ0v) is 18.6. The van der Waals surface area contributed by atoms with Crippen molar-refractivity contribution >= 4 is 22.6 Å². The van der Waals surface area contributed by atoms with Crippen LogP contribution < -0.4 is 0 Å². The van der Waals surface area contributed by atoms with Crippen LogP contribution in [0, 0.1) is 24.3 Å². The third kappa shape index (κ3) is 3.90. The fourth-order valence-electron chi connectivity index (χ4n) is 3.63. The summed E-state index contributed by atoms with van der Waals surface area (Å²) in [7, 11) is 0. The molecule has 0 radical (unpaired) electrons. The van der Waals surface area contributed by atoms with Crippen molar-refractivity contribution in [2.24, 2.45) is 0 Å². The molecule has 4 aromatic carbocycles. The minimum atomic E-state index is 1.27. The van der Waals surface area contributed by atoms with Gasteiger partial charge in [0.25, 0.3) is 0 Å². The van der Waals surface area contributed by atoms with E-state index in [2.05, 4.69) is 128 Å². The molecule has 0 fully saturated rings. The largest absolute Gasteiger partial charge is 0.0614 e. The second-order valence-electron chi connectivity index (χ2n) is 7.46. The van der Waals surface area contributed by atoms with Gasteiger partial charge in [-0.3, -0.25) is 0 Å². The van der Waals surface area contributed by atoms with Crippen molar-refractivity contribution in [2.75, 3.05) is 0 Å². The van der Waals surface area contributed by atoms with Gasteiger partial charge < -0.3 is 0 Å². The SMILES string of the molecule is Cc1ccc(-c2ccc(-c3ccc(-c4cccc(C)c4)cc3C)c(I)c2)cc1. The molecule has 0 bridgehead atoms. The summed E-state index contributed by atoms with van der Waals surface area (Å²) in [5.74, 6) is 0. The number of rotatable bonds is 3. The van der Waals surface area contributed by atoms with E-state index < -0.39 is 0 Å². The predicted molar refractivity (Wildman–Crippen MR) is 130 cm³/mol. The summed E-state index contributed by atoms with van der Waals surface area (Å²) in [6.07, 6.45) is 0. The third-order valence-electron chi connectivity index (χ3n) is 5.22. The molecule has 0 saturated heterocycles. The number of aryl methyl sites for hydroxylation is 3. The first-order valence-electron chi connectivity index (χ1n) is 9.56. The molecule has 0 nitrogen and oxygen atoms in total. The summed E-state index contributed by atoms with van der Waals surface area (Å²) >= 11 is 2.46. The Hall–Kier alpha value is -2.39. The molecule has 0 N–H and O–H groups in total. The van der Waals surface area contributed by atoms with Crippen LogP contribution in [0.4, 0.5) is 0 Å². The van der Waals surface area contributed by atoms with E-state index in [1.807, 2.05) is 0 Å². The number of hydrogen-bond acceptors (Lipinski definition) is 0. The molecule has 0 aromatic heterocycles. The summed E-state index contributed by atoms with van der Waals surface area (Å²) in [5.41, 5.74) is 11.6. The second kappa shape index (κ2) is 7.92. The quantitative estimate of drug-likeness (QED) is 0.263. The van der Waals surface area contributed by atoms with Gasteiger partial charge in [0, 0.05) is 3.57 Å². The van der Waals surface area contributed by atoms with Gasteiger partial charge in [-0.05, 0) is 88.4 Å². The van der Waals surface area contributed by atoms with E-state index in [1.165, 1.54) is 53.6 Å². The number of halogens is 1. The van der Waals surface area contributed by atoms with Crippen LogP contribution >= 0.6 is 22.6 Å². The number of hydrogen-bond donors (Lipinski definition) is 0. The molecule has 138 valence electrons. The zero-order chi connectivity index (χ0) is 19.7. The maximum Gasteiger partial charge on any atom is 0.0215 e. The predicted octanol–water partition coefficient (Wildman–Crippen LogP) is 8.22. The monoisotopic (exact) mass is 474 g/mol. The Kier molecular flexibility index (Phi) is 5.36. The highest BCUT2D eigenvalue weighted by molar-refractivity contribution is 14.1. The highest BCUT2D eigenvalue weighted by Gasteiger charge is 2.09. The molecule has 0 spiro atoms. The van der Waals surface area contributed by atoms with Gasteiger partial charge in [-0.2, -0.15) is 0 Å². The fraction of sp³-hybridized carbons (Fsp3) is 0.111. The average molecular weight is 474 g/mol. The van der Waals surface area contributed by atoms with Crippen LogP contribution in [0.2, 0.25) is 0 Å². The van der Waals surface area contributed by atoms with Crippen LogP contribution in [0.5, 0.6) is 0 Å². The van der Waals surface area contributed by atoms with Gasteiger partial charge in [-0.15, -0.1) is 0 Å². The van der Waals surface area contributed by atoms with Crippen molar-refractivity contribution in [2.45, 2.75) is 20.8 Å². The molecule has 0 aliphatic heterocycles. The molecule has 0 amide bonds. The maximum atomic E-state index is 2.46. The Labute approximate surface area is 181 Å². The molecule has 0 heterocycles. The third-order valence-corrected chi connectivity index (χ3v) is 6.11. The first-order chi connectivity index (χ1) is 13.5. The molecular formula is C27H23I. The minimum absolute atomic E-state index is 1.27. The van der Waals surface area contributed by atoms with E-state index in [-0.39, 0.29) is 0 Å². The highest BCUT2D eigenvalue weighted by Crippen LogP contribution is 2.34. The Morgan fingerprint density at radius 1 is 0.500 bits per heavy atom. The maximum absolute atomic E-state index is 2.46. The van der Waals surface area contributed by atoms with E-state index in [0.717, 1.165) is 0 Å². The summed E-state index contributed by atoms with van der Waals surface area (Å²) < 4.78 is 1.28. The molecule has 0 unspecified atom stereocenters. The first kappa shape index (κ1) is 18.9. The van der Waals surface area contributed by atoms with Crippen LogP contribution in [0.15, 0.2) is 84.9 Å². The first-order valence-corrected chi connectivity index (χ1v) is 10.6. The van der Waals surface area contributed by atoms with Crippen molar-refractivity contribution in [3.8, 4) is 33.4 Å². The lowest BCUT2D eigenvalue weighted by atomic mass is 9.94.